The highest BCUT2D eigenvalue weighted by molar-refractivity contribution is 5.94. The zero-order valence-corrected chi connectivity index (χ0v) is 16.5. The second kappa shape index (κ2) is 9.01. The van der Waals surface area contributed by atoms with Gasteiger partial charge in [0.05, 0.1) is 24.3 Å². The van der Waals surface area contributed by atoms with Gasteiger partial charge in [0.2, 0.25) is 5.91 Å². The average molecular weight is 388 g/mol. The second-order valence-corrected chi connectivity index (χ2v) is 7.43. The number of carbonyl (C=O) groups is 2. The van der Waals surface area contributed by atoms with E-state index in [-0.39, 0.29) is 35.9 Å². The third kappa shape index (κ3) is 4.59. The second-order valence-electron chi connectivity index (χ2n) is 7.43. The third-order valence-corrected chi connectivity index (χ3v) is 5.27. The van der Waals surface area contributed by atoms with E-state index < -0.39 is 0 Å². The van der Waals surface area contributed by atoms with Crippen molar-refractivity contribution in [3.05, 3.63) is 36.2 Å². The van der Waals surface area contributed by atoms with Crippen molar-refractivity contribution in [3.63, 3.8) is 0 Å². The molecule has 1 aliphatic rings. The molecule has 2 aromatic rings. The molecule has 0 saturated heterocycles. The lowest BCUT2D eigenvalue weighted by atomic mass is 9.83. The molecule has 9 nitrogen and oxygen atoms in total. The van der Waals surface area contributed by atoms with Gasteiger partial charge in [-0.1, -0.05) is 0 Å². The van der Waals surface area contributed by atoms with Gasteiger partial charge in [0.25, 0.3) is 5.91 Å². The number of aromatic amines is 1. The molecule has 0 spiro atoms. The highest BCUT2D eigenvalue weighted by Gasteiger charge is 2.35. The monoisotopic (exact) mass is 388 g/mol. The Balaban J connectivity index is 1.53. The number of methoxy groups -OCH3 is 1. The van der Waals surface area contributed by atoms with Crippen LogP contribution in [0.25, 0.3) is 0 Å². The van der Waals surface area contributed by atoms with E-state index >= 15 is 0 Å². The number of ether oxygens (including phenoxy) is 1. The normalized spacial score (nSPS) is 22.2. The predicted molar refractivity (Wildman–Crippen MR) is 102 cm³/mol. The lowest BCUT2D eigenvalue weighted by Crippen LogP contribution is -2.49. The maximum Gasteiger partial charge on any atom is 0.253 e. The van der Waals surface area contributed by atoms with Gasteiger partial charge in [-0.15, -0.1) is 10.2 Å². The summed E-state index contributed by atoms with van der Waals surface area (Å²) in [7, 11) is 1.62. The van der Waals surface area contributed by atoms with Crippen LogP contribution in [-0.4, -0.2) is 50.8 Å². The number of rotatable bonds is 7. The van der Waals surface area contributed by atoms with Gasteiger partial charge in [0.15, 0.2) is 5.82 Å². The van der Waals surface area contributed by atoms with Crippen LogP contribution in [0.3, 0.4) is 0 Å². The molecule has 0 aliphatic heterocycles. The lowest BCUT2D eigenvalue weighted by molar-refractivity contribution is -0.128. The van der Waals surface area contributed by atoms with Crippen molar-refractivity contribution in [1.82, 2.24) is 30.4 Å². The van der Waals surface area contributed by atoms with Gasteiger partial charge in [0.1, 0.15) is 6.33 Å². The van der Waals surface area contributed by atoms with Crippen molar-refractivity contribution in [2.24, 2.45) is 5.92 Å². The minimum Gasteiger partial charge on any atom is -0.379 e. The summed E-state index contributed by atoms with van der Waals surface area (Å²) in [6.45, 7) is 4.43. The quantitative estimate of drug-likeness (QED) is 0.664. The molecule has 1 fully saturated rings. The van der Waals surface area contributed by atoms with E-state index in [0.29, 0.717) is 31.4 Å². The fourth-order valence-corrected chi connectivity index (χ4v) is 3.64. The number of hydrogen-bond donors (Lipinski definition) is 3. The standard InChI is InChI=1S/C19H28N6O3/c1-12(2)25-11-22-24-17(25)10-21-18(26)13-4-5-15(16(8-13)28-3)23-19(27)14-6-7-20-9-14/h6-7,9,11-13,15-16,20H,4-5,8,10H2,1-3H3,(H,21,26)(H,23,27)/t13-,15+,16+/m0/s1. The molecular weight excluding hydrogens is 360 g/mol. The third-order valence-electron chi connectivity index (χ3n) is 5.27. The molecule has 28 heavy (non-hydrogen) atoms. The van der Waals surface area contributed by atoms with E-state index in [0.717, 1.165) is 5.82 Å². The van der Waals surface area contributed by atoms with Crippen LogP contribution < -0.4 is 10.6 Å². The molecule has 3 rings (SSSR count). The number of carbonyl (C=O) groups excluding carboxylic acids is 2. The Morgan fingerprint density at radius 3 is 2.89 bits per heavy atom. The SMILES string of the molecule is CO[C@@H]1C[C@@H](C(=O)NCc2nncn2C(C)C)CC[C@H]1NC(=O)c1cc[nH]c1. The molecule has 152 valence electrons. The number of nitrogens with one attached hydrogen (secondary N) is 3. The first-order valence-electron chi connectivity index (χ1n) is 9.62. The average Bonchev–Trinajstić information content (AvgIpc) is 3.38. The molecule has 1 saturated carbocycles. The van der Waals surface area contributed by atoms with E-state index in [1.807, 2.05) is 18.4 Å². The summed E-state index contributed by atoms with van der Waals surface area (Å²) in [6.07, 6.45) is 6.79. The highest BCUT2D eigenvalue weighted by atomic mass is 16.5. The van der Waals surface area contributed by atoms with Gasteiger partial charge >= 0.3 is 0 Å². The van der Waals surface area contributed by atoms with Crippen LogP contribution in [-0.2, 0) is 16.1 Å². The van der Waals surface area contributed by atoms with Crippen LogP contribution in [0.1, 0.15) is 55.3 Å². The zero-order valence-electron chi connectivity index (χ0n) is 16.5. The Morgan fingerprint density at radius 2 is 2.21 bits per heavy atom. The van der Waals surface area contributed by atoms with Gasteiger partial charge in [0, 0.05) is 31.5 Å². The van der Waals surface area contributed by atoms with Gasteiger partial charge in [-0.2, -0.15) is 0 Å². The van der Waals surface area contributed by atoms with Gasteiger partial charge in [-0.05, 0) is 39.2 Å². The molecule has 9 heteroatoms. The first-order valence-corrected chi connectivity index (χ1v) is 9.62. The number of aromatic nitrogens is 4. The first kappa shape index (κ1) is 20.1. The Bertz CT molecular complexity index is 785. The Labute approximate surface area is 164 Å². The minimum atomic E-state index is -0.202. The molecule has 0 aromatic carbocycles. The van der Waals surface area contributed by atoms with Gasteiger partial charge in [-0.25, -0.2) is 0 Å². The van der Waals surface area contributed by atoms with Crippen LogP contribution in [0.2, 0.25) is 0 Å². The number of H-pyrrole nitrogens is 1. The van der Waals surface area contributed by atoms with E-state index in [2.05, 4.69) is 25.8 Å². The number of nitrogens with zero attached hydrogens (tertiary/aromatic N) is 3. The van der Waals surface area contributed by atoms with Crippen molar-refractivity contribution < 1.29 is 14.3 Å². The highest BCUT2D eigenvalue weighted by Crippen LogP contribution is 2.27. The predicted octanol–water partition coefficient (Wildman–Crippen LogP) is 1.42. The molecule has 0 radical (unpaired) electrons. The first-order chi connectivity index (χ1) is 13.5. The van der Waals surface area contributed by atoms with Gasteiger partial charge < -0.3 is 24.9 Å². The summed E-state index contributed by atoms with van der Waals surface area (Å²) >= 11 is 0. The largest absolute Gasteiger partial charge is 0.379 e. The Hall–Kier alpha value is -2.68. The van der Waals surface area contributed by atoms with Crippen molar-refractivity contribution in [2.45, 2.75) is 57.8 Å². The van der Waals surface area contributed by atoms with Crippen molar-refractivity contribution >= 4 is 11.8 Å². The molecule has 3 N–H and O–H groups in total. The molecule has 0 bridgehead atoms. The smallest absolute Gasteiger partial charge is 0.253 e. The van der Waals surface area contributed by atoms with Gasteiger partial charge in [-0.3, -0.25) is 9.59 Å². The Kier molecular flexibility index (Phi) is 6.45. The van der Waals surface area contributed by atoms with Crippen molar-refractivity contribution in [2.75, 3.05) is 7.11 Å². The fraction of sp³-hybridized carbons (Fsp3) is 0.579. The van der Waals surface area contributed by atoms with E-state index in [4.69, 9.17) is 4.74 Å². The summed E-state index contributed by atoms with van der Waals surface area (Å²) in [4.78, 5) is 27.8. The van der Waals surface area contributed by atoms with E-state index in [1.165, 1.54) is 0 Å². The summed E-state index contributed by atoms with van der Waals surface area (Å²) in [6, 6.07) is 1.85. The van der Waals surface area contributed by atoms with Crippen LogP contribution in [0, 0.1) is 5.92 Å². The van der Waals surface area contributed by atoms with E-state index in [9.17, 15) is 9.59 Å². The summed E-state index contributed by atoms with van der Waals surface area (Å²) in [5.41, 5.74) is 0.587. The number of hydrogen-bond acceptors (Lipinski definition) is 5. The summed E-state index contributed by atoms with van der Waals surface area (Å²) in [5, 5.41) is 14.0. The fourth-order valence-electron chi connectivity index (χ4n) is 3.64. The summed E-state index contributed by atoms with van der Waals surface area (Å²) in [5.74, 6) is 0.430. The van der Waals surface area contributed by atoms with Crippen LogP contribution in [0.4, 0.5) is 0 Å². The van der Waals surface area contributed by atoms with Crippen molar-refractivity contribution in [1.29, 1.82) is 0 Å². The molecule has 2 amide bonds. The molecule has 3 atom stereocenters. The molecule has 2 heterocycles. The van der Waals surface area contributed by atoms with Crippen LogP contribution in [0.15, 0.2) is 24.8 Å². The number of amides is 2. The maximum atomic E-state index is 12.6. The topological polar surface area (TPSA) is 114 Å². The molecule has 2 aromatic heterocycles. The summed E-state index contributed by atoms with van der Waals surface area (Å²) < 4.78 is 7.51. The zero-order chi connectivity index (χ0) is 20.1. The van der Waals surface area contributed by atoms with Crippen LogP contribution >= 0.6 is 0 Å². The molecular formula is C19H28N6O3. The molecule has 1 aliphatic carbocycles. The maximum absolute atomic E-state index is 12.6. The van der Waals surface area contributed by atoms with Crippen LogP contribution in [0.5, 0.6) is 0 Å². The molecule has 0 unspecified atom stereocenters. The van der Waals surface area contributed by atoms with E-state index in [1.54, 1.807) is 31.9 Å². The minimum absolute atomic E-state index is 0.0178. The Morgan fingerprint density at radius 1 is 1.39 bits per heavy atom. The lowest BCUT2D eigenvalue weighted by Gasteiger charge is -2.35. The van der Waals surface area contributed by atoms with Crippen molar-refractivity contribution in [3.8, 4) is 0 Å².